The molecule has 3 rings (SSSR count). The van der Waals surface area contributed by atoms with Crippen molar-refractivity contribution in [3.63, 3.8) is 0 Å². The van der Waals surface area contributed by atoms with E-state index in [1.54, 1.807) is 23.5 Å². The first kappa shape index (κ1) is 13.6. The molecule has 0 aliphatic carbocycles. The van der Waals surface area contributed by atoms with Gasteiger partial charge in [0, 0.05) is 10.3 Å². The van der Waals surface area contributed by atoms with Gasteiger partial charge in [-0.05, 0) is 47.5 Å². The van der Waals surface area contributed by atoms with E-state index in [2.05, 4.69) is 0 Å². The van der Waals surface area contributed by atoms with Crippen LogP contribution in [0.5, 0.6) is 5.75 Å². The van der Waals surface area contributed by atoms with Gasteiger partial charge in [0.15, 0.2) is 0 Å². The highest BCUT2D eigenvalue weighted by Gasteiger charge is 2.09. The van der Waals surface area contributed by atoms with Gasteiger partial charge >= 0.3 is 5.97 Å². The van der Waals surface area contributed by atoms with Gasteiger partial charge in [-0.25, -0.2) is 4.79 Å². The van der Waals surface area contributed by atoms with E-state index in [0.717, 1.165) is 27.0 Å². The molecule has 0 spiro atoms. The van der Waals surface area contributed by atoms with Gasteiger partial charge in [-0.15, -0.1) is 11.3 Å². The van der Waals surface area contributed by atoms with Crippen LogP contribution in [-0.2, 0) is 6.61 Å². The van der Waals surface area contributed by atoms with Crippen LogP contribution in [0.4, 0.5) is 0 Å². The lowest BCUT2D eigenvalue weighted by atomic mass is 10.1. The summed E-state index contributed by atoms with van der Waals surface area (Å²) >= 11 is 1.54. The molecule has 0 fully saturated rings. The Labute approximate surface area is 126 Å². The number of carboxylic acid groups (broad SMARTS) is 1. The Morgan fingerprint density at radius 3 is 2.86 bits per heavy atom. The minimum absolute atomic E-state index is 0.315. The summed E-state index contributed by atoms with van der Waals surface area (Å²) in [5.41, 5.74) is 2.55. The second-order valence-electron chi connectivity index (χ2n) is 4.88. The van der Waals surface area contributed by atoms with Crippen LogP contribution >= 0.6 is 11.3 Å². The van der Waals surface area contributed by atoms with Crippen LogP contribution in [0.2, 0.25) is 0 Å². The Balaban J connectivity index is 1.83. The summed E-state index contributed by atoms with van der Waals surface area (Å²) in [7, 11) is 0. The van der Waals surface area contributed by atoms with Gasteiger partial charge in [0.2, 0.25) is 0 Å². The number of rotatable bonds is 4. The summed E-state index contributed by atoms with van der Waals surface area (Å²) in [5.74, 6) is -0.0561. The molecule has 3 nitrogen and oxygen atoms in total. The van der Waals surface area contributed by atoms with E-state index in [9.17, 15) is 4.79 Å². The SMILES string of the molecule is Cc1cccc(OCc2csc3cc(C(=O)O)ccc23)c1. The number of hydrogen-bond donors (Lipinski definition) is 1. The predicted octanol–water partition coefficient (Wildman–Crippen LogP) is 4.49. The molecule has 0 aliphatic rings. The lowest BCUT2D eigenvalue weighted by Gasteiger charge is -2.06. The molecule has 1 N–H and O–H groups in total. The van der Waals surface area contributed by atoms with Gasteiger partial charge in [0.05, 0.1) is 5.56 Å². The van der Waals surface area contributed by atoms with Crippen LogP contribution in [0.15, 0.2) is 47.8 Å². The van der Waals surface area contributed by atoms with E-state index >= 15 is 0 Å². The third kappa shape index (κ3) is 2.90. The molecule has 0 amide bonds. The van der Waals surface area contributed by atoms with E-state index in [1.165, 1.54) is 0 Å². The highest BCUT2D eigenvalue weighted by molar-refractivity contribution is 7.17. The normalized spacial score (nSPS) is 10.7. The Morgan fingerprint density at radius 1 is 1.24 bits per heavy atom. The third-order valence-electron chi connectivity index (χ3n) is 3.29. The predicted molar refractivity (Wildman–Crippen MR) is 84.3 cm³/mol. The molecular formula is C17H14O3S. The first-order valence-corrected chi connectivity index (χ1v) is 7.44. The number of ether oxygens (including phenoxy) is 1. The maximum absolute atomic E-state index is 11.0. The van der Waals surface area contributed by atoms with Crippen LogP contribution in [0, 0.1) is 6.92 Å². The van der Waals surface area contributed by atoms with Crippen molar-refractivity contribution in [3.8, 4) is 5.75 Å². The highest BCUT2D eigenvalue weighted by Crippen LogP contribution is 2.28. The second kappa shape index (κ2) is 5.58. The Bertz CT molecular complexity index is 805. The van der Waals surface area contributed by atoms with Crippen molar-refractivity contribution < 1.29 is 14.6 Å². The molecule has 1 aromatic heterocycles. The lowest BCUT2D eigenvalue weighted by molar-refractivity contribution is 0.0697. The van der Waals surface area contributed by atoms with Crippen LogP contribution in [0.1, 0.15) is 21.5 Å². The summed E-state index contributed by atoms with van der Waals surface area (Å²) in [6.07, 6.45) is 0. The zero-order valence-corrected chi connectivity index (χ0v) is 12.3. The monoisotopic (exact) mass is 298 g/mol. The number of hydrogen-bond acceptors (Lipinski definition) is 3. The van der Waals surface area contributed by atoms with Gasteiger partial charge < -0.3 is 9.84 Å². The average molecular weight is 298 g/mol. The number of carbonyl (C=O) groups is 1. The van der Waals surface area contributed by atoms with Crippen molar-refractivity contribution in [3.05, 3.63) is 64.5 Å². The second-order valence-corrected chi connectivity index (χ2v) is 5.79. The molecule has 106 valence electrons. The molecule has 0 radical (unpaired) electrons. The summed E-state index contributed by atoms with van der Waals surface area (Å²) in [5, 5.41) is 12.1. The van der Waals surface area contributed by atoms with E-state index in [1.807, 2.05) is 42.6 Å². The summed E-state index contributed by atoms with van der Waals surface area (Å²) in [6.45, 7) is 2.51. The standard InChI is InChI=1S/C17H14O3S/c1-11-3-2-4-14(7-11)20-9-13-10-21-16-8-12(17(18)19)5-6-15(13)16/h2-8,10H,9H2,1H3,(H,18,19). The molecule has 2 aromatic carbocycles. The Kier molecular flexibility index (Phi) is 3.62. The molecule has 3 aromatic rings. The smallest absolute Gasteiger partial charge is 0.335 e. The van der Waals surface area contributed by atoms with E-state index < -0.39 is 5.97 Å². The van der Waals surface area contributed by atoms with Crippen LogP contribution in [0.25, 0.3) is 10.1 Å². The van der Waals surface area contributed by atoms with Crippen molar-refractivity contribution in [1.82, 2.24) is 0 Å². The molecular weight excluding hydrogens is 284 g/mol. The van der Waals surface area contributed by atoms with Crippen molar-refractivity contribution in [2.45, 2.75) is 13.5 Å². The largest absolute Gasteiger partial charge is 0.489 e. The number of aromatic carboxylic acids is 1. The van der Waals surface area contributed by atoms with Gasteiger partial charge in [0.25, 0.3) is 0 Å². The number of carboxylic acids is 1. The van der Waals surface area contributed by atoms with Crippen molar-refractivity contribution in [2.75, 3.05) is 0 Å². The Hall–Kier alpha value is -2.33. The maximum atomic E-state index is 11.0. The molecule has 1 heterocycles. The Morgan fingerprint density at radius 2 is 2.10 bits per heavy atom. The lowest BCUT2D eigenvalue weighted by Crippen LogP contribution is -1.96. The molecule has 4 heteroatoms. The molecule has 0 saturated heterocycles. The molecule has 0 unspecified atom stereocenters. The minimum Gasteiger partial charge on any atom is -0.489 e. The number of thiophene rings is 1. The van der Waals surface area contributed by atoms with E-state index in [4.69, 9.17) is 9.84 Å². The average Bonchev–Trinajstić information content (AvgIpc) is 2.87. The minimum atomic E-state index is -0.900. The zero-order chi connectivity index (χ0) is 14.8. The zero-order valence-electron chi connectivity index (χ0n) is 11.5. The number of fused-ring (bicyclic) bond motifs is 1. The van der Waals surface area contributed by atoms with E-state index in [0.29, 0.717) is 12.2 Å². The first-order chi connectivity index (χ1) is 10.1. The molecule has 0 saturated carbocycles. The van der Waals surface area contributed by atoms with Gasteiger partial charge in [-0.3, -0.25) is 0 Å². The molecule has 0 bridgehead atoms. The summed E-state index contributed by atoms with van der Waals surface area (Å²) in [6, 6.07) is 13.1. The maximum Gasteiger partial charge on any atom is 0.335 e. The number of benzene rings is 2. The van der Waals surface area contributed by atoms with E-state index in [-0.39, 0.29) is 0 Å². The fourth-order valence-corrected chi connectivity index (χ4v) is 3.18. The topological polar surface area (TPSA) is 46.5 Å². The van der Waals surface area contributed by atoms with Gasteiger partial charge in [0.1, 0.15) is 12.4 Å². The molecule has 0 aliphatic heterocycles. The summed E-state index contributed by atoms with van der Waals surface area (Å²) in [4.78, 5) is 11.0. The summed E-state index contributed by atoms with van der Waals surface area (Å²) < 4.78 is 6.78. The first-order valence-electron chi connectivity index (χ1n) is 6.56. The molecule has 21 heavy (non-hydrogen) atoms. The van der Waals surface area contributed by atoms with Crippen LogP contribution < -0.4 is 4.74 Å². The highest BCUT2D eigenvalue weighted by atomic mass is 32.1. The van der Waals surface area contributed by atoms with Crippen LogP contribution in [0.3, 0.4) is 0 Å². The van der Waals surface area contributed by atoms with Crippen molar-refractivity contribution in [1.29, 1.82) is 0 Å². The third-order valence-corrected chi connectivity index (χ3v) is 4.28. The van der Waals surface area contributed by atoms with Crippen molar-refractivity contribution >= 4 is 27.4 Å². The van der Waals surface area contributed by atoms with Gasteiger partial charge in [-0.2, -0.15) is 0 Å². The van der Waals surface area contributed by atoms with Crippen LogP contribution in [-0.4, -0.2) is 11.1 Å². The fraction of sp³-hybridized carbons (Fsp3) is 0.118. The van der Waals surface area contributed by atoms with Crippen molar-refractivity contribution in [2.24, 2.45) is 0 Å². The number of aryl methyl sites for hydroxylation is 1. The van der Waals surface area contributed by atoms with Gasteiger partial charge in [-0.1, -0.05) is 18.2 Å². The fourth-order valence-electron chi connectivity index (χ4n) is 2.19. The molecule has 0 atom stereocenters. The quantitative estimate of drug-likeness (QED) is 0.772.